The van der Waals surface area contributed by atoms with Gasteiger partial charge in [0.1, 0.15) is 0 Å². The molecule has 5 nitrogen and oxygen atoms in total. The lowest BCUT2D eigenvalue weighted by Gasteiger charge is -2.30. The largest absolute Gasteiger partial charge is 0.379 e. The lowest BCUT2D eigenvalue weighted by molar-refractivity contribution is -0.123. The summed E-state index contributed by atoms with van der Waals surface area (Å²) in [4.78, 5) is 28.2. The summed E-state index contributed by atoms with van der Waals surface area (Å²) < 4.78 is 5.31. The van der Waals surface area contributed by atoms with Gasteiger partial charge in [0, 0.05) is 13.1 Å². The molecule has 1 atom stereocenters. The number of carbonyl (C=O) groups is 2. The molecule has 1 aromatic carbocycles. The minimum Gasteiger partial charge on any atom is -0.379 e. The van der Waals surface area contributed by atoms with Gasteiger partial charge in [0.25, 0.3) is 5.91 Å². The summed E-state index contributed by atoms with van der Waals surface area (Å²) in [7, 11) is 0. The number of carbonyl (C=O) groups excluding carboxylic acids is 2. The van der Waals surface area contributed by atoms with E-state index in [2.05, 4.69) is 11.8 Å². The second kappa shape index (κ2) is 5.95. The van der Waals surface area contributed by atoms with E-state index >= 15 is 0 Å². The third-order valence-corrected chi connectivity index (χ3v) is 4.21. The molecule has 0 radical (unpaired) electrons. The Bertz CT molecular complexity index is 535. The van der Waals surface area contributed by atoms with Crippen LogP contribution in [-0.4, -0.2) is 49.1 Å². The van der Waals surface area contributed by atoms with Crippen LogP contribution in [0.4, 0.5) is 5.69 Å². The molecule has 0 N–H and O–H groups in total. The summed E-state index contributed by atoms with van der Waals surface area (Å²) in [6.45, 7) is 4.76. The number of morpholine rings is 1. The quantitative estimate of drug-likeness (QED) is 0.785. The Morgan fingerprint density at radius 2 is 1.81 bits per heavy atom. The van der Waals surface area contributed by atoms with Crippen LogP contribution in [0.2, 0.25) is 0 Å². The van der Waals surface area contributed by atoms with Crippen LogP contribution < -0.4 is 4.90 Å². The fourth-order valence-electron chi connectivity index (χ4n) is 2.94. The van der Waals surface area contributed by atoms with Crippen molar-refractivity contribution in [1.29, 1.82) is 0 Å². The minimum absolute atomic E-state index is 0.105. The van der Waals surface area contributed by atoms with Gasteiger partial charge in [-0.05, 0) is 24.1 Å². The van der Waals surface area contributed by atoms with E-state index in [0.717, 1.165) is 6.42 Å². The van der Waals surface area contributed by atoms with E-state index < -0.39 is 0 Å². The molecule has 21 heavy (non-hydrogen) atoms. The van der Waals surface area contributed by atoms with Crippen LogP contribution in [0, 0.1) is 0 Å². The molecule has 0 bridgehead atoms. The van der Waals surface area contributed by atoms with E-state index in [-0.39, 0.29) is 24.3 Å². The lowest BCUT2D eigenvalue weighted by atomic mass is 10.1. The molecular formula is C16H20N2O3. The highest BCUT2D eigenvalue weighted by Crippen LogP contribution is 2.26. The summed E-state index contributed by atoms with van der Waals surface area (Å²) in [6, 6.07) is 7.33. The zero-order chi connectivity index (χ0) is 14.8. The number of ether oxygens (including phenoxy) is 1. The molecule has 0 unspecified atom stereocenters. The Hall–Kier alpha value is -1.72. The predicted molar refractivity (Wildman–Crippen MR) is 79.1 cm³/mol. The molecule has 0 spiro atoms. The van der Waals surface area contributed by atoms with Gasteiger partial charge < -0.3 is 4.74 Å². The van der Waals surface area contributed by atoms with E-state index in [1.807, 2.05) is 24.3 Å². The van der Waals surface area contributed by atoms with Gasteiger partial charge in [0.2, 0.25) is 5.91 Å². The highest BCUT2D eigenvalue weighted by Gasteiger charge is 2.42. The number of benzene rings is 1. The minimum atomic E-state index is -0.327. The first-order valence-corrected chi connectivity index (χ1v) is 7.48. The number of hydrogen-bond donors (Lipinski definition) is 0. The summed E-state index contributed by atoms with van der Waals surface area (Å²) in [5.74, 6) is -0.216. The Kier molecular flexibility index (Phi) is 4.03. The molecule has 2 aliphatic rings. The topological polar surface area (TPSA) is 49.9 Å². The normalized spacial score (nSPS) is 23.9. The highest BCUT2D eigenvalue weighted by molar-refractivity contribution is 6.22. The van der Waals surface area contributed by atoms with E-state index in [4.69, 9.17) is 4.74 Å². The van der Waals surface area contributed by atoms with Gasteiger partial charge in [-0.1, -0.05) is 19.1 Å². The van der Waals surface area contributed by atoms with Crippen molar-refractivity contribution in [1.82, 2.24) is 4.90 Å². The van der Waals surface area contributed by atoms with Crippen LogP contribution >= 0.6 is 0 Å². The number of anilines is 1. The second-order valence-corrected chi connectivity index (χ2v) is 5.46. The average Bonchev–Trinajstić information content (AvgIpc) is 2.83. The fourth-order valence-corrected chi connectivity index (χ4v) is 2.94. The van der Waals surface area contributed by atoms with Crippen molar-refractivity contribution in [2.75, 3.05) is 31.2 Å². The zero-order valence-electron chi connectivity index (χ0n) is 12.2. The summed E-state index contributed by atoms with van der Waals surface area (Å²) >= 11 is 0. The van der Waals surface area contributed by atoms with Crippen LogP contribution in [0.15, 0.2) is 24.3 Å². The number of rotatable bonds is 3. The molecule has 0 aliphatic carbocycles. The molecule has 2 heterocycles. The van der Waals surface area contributed by atoms with Crippen molar-refractivity contribution in [2.24, 2.45) is 0 Å². The molecule has 2 aliphatic heterocycles. The van der Waals surface area contributed by atoms with E-state index in [0.29, 0.717) is 32.0 Å². The molecule has 5 heteroatoms. The van der Waals surface area contributed by atoms with Crippen LogP contribution in [-0.2, 0) is 20.7 Å². The predicted octanol–water partition coefficient (Wildman–Crippen LogP) is 1.21. The number of hydrogen-bond acceptors (Lipinski definition) is 4. The first-order valence-electron chi connectivity index (χ1n) is 7.48. The first-order chi connectivity index (χ1) is 10.2. The summed E-state index contributed by atoms with van der Waals surface area (Å²) in [6.07, 6.45) is 1.22. The third-order valence-electron chi connectivity index (χ3n) is 4.21. The maximum atomic E-state index is 12.6. The van der Waals surface area contributed by atoms with Gasteiger partial charge >= 0.3 is 0 Å². The molecule has 0 saturated carbocycles. The van der Waals surface area contributed by atoms with Crippen molar-refractivity contribution in [2.45, 2.75) is 25.8 Å². The van der Waals surface area contributed by atoms with Crippen LogP contribution in [0.5, 0.6) is 0 Å². The Labute approximate surface area is 124 Å². The lowest BCUT2D eigenvalue weighted by Crippen LogP contribution is -2.47. The number of nitrogens with zero attached hydrogens (tertiary/aromatic N) is 2. The Balaban J connectivity index is 1.79. The molecule has 1 aromatic rings. The van der Waals surface area contributed by atoms with Crippen LogP contribution in [0.3, 0.4) is 0 Å². The second-order valence-electron chi connectivity index (χ2n) is 5.46. The maximum absolute atomic E-state index is 12.6. The number of amides is 2. The summed E-state index contributed by atoms with van der Waals surface area (Å²) in [5, 5.41) is 0. The molecule has 2 saturated heterocycles. The van der Waals surface area contributed by atoms with Gasteiger partial charge in [-0.2, -0.15) is 0 Å². The van der Waals surface area contributed by atoms with Gasteiger partial charge in [-0.3, -0.25) is 14.5 Å². The van der Waals surface area contributed by atoms with Crippen molar-refractivity contribution in [3.63, 3.8) is 0 Å². The molecule has 2 amide bonds. The van der Waals surface area contributed by atoms with Gasteiger partial charge in [0.05, 0.1) is 31.4 Å². The fraction of sp³-hybridized carbons (Fsp3) is 0.500. The SMILES string of the molecule is CCc1ccc(N2C(=O)C[C@H](N3CCOCC3)C2=O)cc1. The molecule has 3 rings (SSSR count). The van der Waals surface area contributed by atoms with Crippen molar-refractivity contribution in [3.05, 3.63) is 29.8 Å². The van der Waals surface area contributed by atoms with Gasteiger partial charge in [-0.15, -0.1) is 0 Å². The van der Waals surface area contributed by atoms with E-state index in [9.17, 15) is 9.59 Å². The summed E-state index contributed by atoms with van der Waals surface area (Å²) in [5.41, 5.74) is 1.88. The highest BCUT2D eigenvalue weighted by atomic mass is 16.5. The molecule has 112 valence electrons. The smallest absolute Gasteiger partial charge is 0.251 e. The van der Waals surface area contributed by atoms with Gasteiger partial charge in [0.15, 0.2) is 0 Å². The third kappa shape index (κ3) is 2.71. The van der Waals surface area contributed by atoms with Crippen LogP contribution in [0.1, 0.15) is 18.9 Å². The number of imide groups is 1. The van der Waals surface area contributed by atoms with E-state index in [1.54, 1.807) is 0 Å². The number of aryl methyl sites for hydroxylation is 1. The molecule has 0 aromatic heterocycles. The first kappa shape index (κ1) is 14.2. The van der Waals surface area contributed by atoms with Gasteiger partial charge in [-0.25, -0.2) is 4.90 Å². The van der Waals surface area contributed by atoms with Crippen molar-refractivity contribution in [3.8, 4) is 0 Å². The van der Waals surface area contributed by atoms with Crippen molar-refractivity contribution < 1.29 is 14.3 Å². The Morgan fingerprint density at radius 1 is 1.14 bits per heavy atom. The molecule has 2 fully saturated rings. The average molecular weight is 288 g/mol. The van der Waals surface area contributed by atoms with Crippen molar-refractivity contribution >= 4 is 17.5 Å². The maximum Gasteiger partial charge on any atom is 0.251 e. The van der Waals surface area contributed by atoms with E-state index in [1.165, 1.54) is 10.5 Å². The standard InChI is InChI=1S/C16H20N2O3/c1-2-12-3-5-13(6-4-12)18-15(19)11-14(16(18)20)17-7-9-21-10-8-17/h3-6,14H,2,7-11H2,1H3/t14-/m0/s1. The Morgan fingerprint density at radius 3 is 2.43 bits per heavy atom. The molecular weight excluding hydrogens is 268 g/mol. The monoisotopic (exact) mass is 288 g/mol. The van der Waals surface area contributed by atoms with Crippen LogP contribution in [0.25, 0.3) is 0 Å². The zero-order valence-corrected chi connectivity index (χ0v) is 12.2.